The standard InChI is InChI=1S/C12H28N2OSi/c1-6-13(7-2)12(14(8-3)9-4)15-11-16-10-5/h10,12H,5-9,11,16H2,1-4H3. The molecule has 0 heterocycles. The van der Waals surface area contributed by atoms with Crippen molar-refractivity contribution in [3.05, 3.63) is 12.3 Å². The van der Waals surface area contributed by atoms with Crippen molar-refractivity contribution < 1.29 is 4.74 Å². The minimum atomic E-state index is -0.227. The second kappa shape index (κ2) is 10.0. The summed E-state index contributed by atoms with van der Waals surface area (Å²) in [4.78, 5) is 4.73. The Morgan fingerprint density at radius 2 is 1.50 bits per heavy atom. The summed E-state index contributed by atoms with van der Waals surface area (Å²) in [5.41, 5.74) is 2.04. The number of rotatable bonds is 10. The molecule has 16 heavy (non-hydrogen) atoms. The Bertz CT molecular complexity index is 158. The predicted octanol–water partition coefficient (Wildman–Crippen LogP) is 1.24. The molecule has 0 saturated carbocycles. The smallest absolute Gasteiger partial charge is 0.168 e. The molecule has 4 heteroatoms. The summed E-state index contributed by atoms with van der Waals surface area (Å²) in [6, 6.07) is 0. The SMILES string of the molecule is C=C[SiH2]COC(N(CC)CC)N(CC)CC. The van der Waals surface area contributed by atoms with Crippen LogP contribution in [0.1, 0.15) is 27.7 Å². The first-order valence-electron chi connectivity index (χ1n) is 6.45. The van der Waals surface area contributed by atoms with Gasteiger partial charge in [-0.25, -0.2) is 0 Å². The van der Waals surface area contributed by atoms with Crippen molar-refractivity contribution >= 4 is 9.52 Å². The van der Waals surface area contributed by atoms with Crippen LogP contribution in [-0.2, 0) is 4.74 Å². The molecular formula is C12H28N2OSi. The Kier molecular flexibility index (Phi) is 9.92. The van der Waals surface area contributed by atoms with Gasteiger partial charge in [0, 0.05) is 6.23 Å². The molecule has 0 spiro atoms. The molecule has 0 aliphatic heterocycles. The van der Waals surface area contributed by atoms with Gasteiger partial charge in [-0.1, -0.05) is 27.7 Å². The Hall–Kier alpha value is -0.163. The topological polar surface area (TPSA) is 15.7 Å². The molecule has 0 aromatic carbocycles. The van der Waals surface area contributed by atoms with Crippen LogP contribution in [0.4, 0.5) is 0 Å². The third kappa shape index (κ3) is 5.25. The van der Waals surface area contributed by atoms with E-state index in [0.29, 0.717) is 0 Å². The van der Waals surface area contributed by atoms with Crippen molar-refractivity contribution in [3.8, 4) is 0 Å². The van der Waals surface area contributed by atoms with Crippen LogP contribution in [0.3, 0.4) is 0 Å². The van der Waals surface area contributed by atoms with Gasteiger partial charge in [0.15, 0.2) is 6.35 Å². The first kappa shape index (κ1) is 15.8. The van der Waals surface area contributed by atoms with Crippen LogP contribution >= 0.6 is 0 Å². The lowest BCUT2D eigenvalue weighted by molar-refractivity contribution is -0.136. The summed E-state index contributed by atoms with van der Waals surface area (Å²) < 4.78 is 6.01. The summed E-state index contributed by atoms with van der Waals surface area (Å²) in [7, 11) is -0.227. The van der Waals surface area contributed by atoms with E-state index in [2.05, 4.69) is 44.1 Å². The van der Waals surface area contributed by atoms with Gasteiger partial charge in [0.05, 0.1) is 9.52 Å². The number of hydrogen-bond acceptors (Lipinski definition) is 3. The fourth-order valence-electron chi connectivity index (χ4n) is 1.77. The molecule has 0 amide bonds. The Morgan fingerprint density at radius 1 is 1.06 bits per heavy atom. The predicted molar refractivity (Wildman–Crippen MR) is 74.3 cm³/mol. The molecule has 0 rings (SSSR count). The van der Waals surface area contributed by atoms with Gasteiger partial charge in [-0.3, -0.25) is 9.80 Å². The van der Waals surface area contributed by atoms with E-state index >= 15 is 0 Å². The summed E-state index contributed by atoms with van der Waals surface area (Å²) in [5.74, 6) is 0. The first-order valence-corrected chi connectivity index (χ1v) is 8.27. The van der Waals surface area contributed by atoms with E-state index in [1.807, 2.05) is 5.70 Å². The van der Waals surface area contributed by atoms with E-state index in [9.17, 15) is 0 Å². The van der Waals surface area contributed by atoms with Gasteiger partial charge < -0.3 is 4.74 Å². The molecule has 0 aromatic heterocycles. The lowest BCUT2D eigenvalue weighted by atomic mass is 10.4. The maximum absolute atomic E-state index is 6.01. The van der Waals surface area contributed by atoms with Gasteiger partial charge in [-0.15, -0.1) is 12.3 Å². The molecule has 0 bridgehead atoms. The average Bonchev–Trinajstić information content (AvgIpc) is 2.31. The summed E-state index contributed by atoms with van der Waals surface area (Å²) >= 11 is 0. The molecule has 0 unspecified atom stereocenters. The normalized spacial score (nSPS) is 12.4. The minimum Gasteiger partial charge on any atom is -0.353 e. The van der Waals surface area contributed by atoms with Crippen molar-refractivity contribution in [1.82, 2.24) is 9.80 Å². The van der Waals surface area contributed by atoms with E-state index < -0.39 is 0 Å². The molecule has 0 aliphatic rings. The third-order valence-corrected chi connectivity index (χ3v) is 3.72. The van der Waals surface area contributed by atoms with Crippen molar-refractivity contribution in [2.75, 3.05) is 32.4 Å². The Balaban J connectivity index is 4.39. The van der Waals surface area contributed by atoms with Crippen LogP contribution in [0.5, 0.6) is 0 Å². The minimum absolute atomic E-state index is 0.150. The van der Waals surface area contributed by atoms with Gasteiger partial charge in [0.1, 0.15) is 0 Å². The van der Waals surface area contributed by atoms with Crippen molar-refractivity contribution in [2.45, 2.75) is 34.0 Å². The highest BCUT2D eigenvalue weighted by atomic mass is 28.2. The molecule has 0 radical (unpaired) electrons. The Labute approximate surface area is 103 Å². The van der Waals surface area contributed by atoms with Gasteiger partial charge in [-0.2, -0.15) is 0 Å². The van der Waals surface area contributed by atoms with Crippen molar-refractivity contribution in [1.29, 1.82) is 0 Å². The molecule has 0 aromatic rings. The fraction of sp³-hybridized carbons (Fsp3) is 0.833. The second-order valence-electron chi connectivity index (χ2n) is 3.72. The summed E-state index contributed by atoms with van der Waals surface area (Å²) in [6.45, 7) is 16.7. The highest BCUT2D eigenvalue weighted by molar-refractivity contribution is 6.41. The largest absolute Gasteiger partial charge is 0.353 e. The van der Waals surface area contributed by atoms with E-state index in [1.54, 1.807) is 0 Å². The van der Waals surface area contributed by atoms with Crippen LogP contribution < -0.4 is 0 Å². The highest BCUT2D eigenvalue weighted by Gasteiger charge is 2.21. The molecule has 0 atom stereocenters. The second-order valence-corrected chi connectivity index (χ2v) is 5.28. The summed E-state index contributed by atoms with van der Waals surface area (Å²) in [6.07, 6.45) is 1.04. The van der Waals surface area contributed by atoms with Crippen molar-refractivity contribution in [3.63, 3.8) is 0 Å². The fourth-order valence-corrected chi connectivity index (χ4v) is 2.28. The van der Waals surface area contributed by atoms with Gasteiger partial charge in [0.2, 0.25) is 0 Å². The van der Waals surface area contributed by atoms with E-state index in [-0.39, 0.29) is 15.9 Å². The molecule has 96 valence electrons. The highest BCUT2D eigenvalue weighted by Crippen LogP contribution is 2.07. The van der Waals surface area contributed by atoms with E-state index in [1.165, 1.54) is 0 Å². The van der Waals surface area contributed by atoms with Gasteiger partial charge in [-0.05, 0) is 26.2 Å². The number of hydrogen-bond donors (Lipinski definition) is 0. The molecule has 0 saturated heterocycles. The lowest BCUT2D eigenvalue weighted by Crippen LogP contribution is -2.50. The maximum Gasteiger partial charge on any atom is 0.168 e. The van der Waals surface area contributed by atoms with Gasteiger partial charge in [0.25, 0.3) is 0 Å². The van der Waals surface area contributed by atoms with Crippen LogP contribution in [0.2, 0.25) is 0 Å². The van der Waals surface area contributed by atoms with Gasteiger partial charge >= 0.3 is 0 Å². The monoisotopic (exact) mass is 244 g/mol. The van der Waals surface area contributed by atoms with E-state index in [4.69, 9.17) is 4.74 Å². The van der Waals surface area contributed by atoms with Crippen LogP contribution in [0.15, 0.2) is 12.3 Å². The molecule has 3 nitrogen and oxygen atoms in total. The number of ether oxygens (including phenoxy) is 1. The zero-order valence-corrected chi connectivity index (χ0v) is 12.8. The molecule has 0 fully saturated rings. The molecule has 0 aliphatic carbocycles. The molecular weight excluding hydrogens is 216 g/mol. The zero-order chi connectivity index (χ0) is 12.4. The van der Waals surface area contributed by atoms with Crippen molar-refractivity contribution in [2.24, 2.45) is 0 Å². The lowest BCUT2D eigenvalue weighted by Gasteiger charge is -2.37. The zero-order valence-electron chi connectivity index (χ0n) is 11.4. The average molecular weight is 244 g/mol. The first-order chi connectivity index (χ1) is 7.74. The van der Waals surface area contributed by atoms with Crippen LogP contribution in [-0.4, -0.2) is 58.1 Å². The Morgan fingerprint density at radius 3 is 1.81 bits per heavy atom. The van der Waals surface area contributed by atoms with E-state index in [0.717, 1.165) is 32.4 Å². The quantitative estimate of drug-likeness (QED) is 0.327. The molecule has 0 N–H and O–H groups in total. The van der Waals surface area contributed by atoms with Crippen LogP contribution in [0.25, 0.3) is 0 Å². The number of nitrogens with zero attached hydrogens (tertiary/aromatic N) is 2. The maximum atomic E-state index is 6.01. The third-order valence-electron chi connectivity index (χ3n) is 2.84. The summed E-state index contributed by atoms with van der Waals surface area (Å²) in [5, 5.41) is 0. The van der Waals surface area contributed by atoms with Crippen LogP contribution in [0, 0.1) is 0 Å².